The molecule has 0 radical (unpaired) electrons. The van der Waals surface area contributed by atoms with Crippen molar-refractivity contribution in [2.45, 2.75) is 0 Å². The van der Waals surface area contributed by atoms with E-state index in [4.69, 9.17) is 9.47 Å². The van der Waals surface area contributed by atoms with E-state index < -0.39 is 4.92 Å². The van der Waals surface area contributed by atoms with Crippen molar-refractivity contribution in [3.05, 3.63) is 89.0 Å². The zero-order valence-corrected chi connectivity index (χ0v) is 14.2. The van der Waals surface area contributed by atoms with Crippen molar-refractivity contribution >= 4 is 17.3 Å². The standard InChI is InChI=1S/C20H16N2O5/c23-20(14-26-16-12-10-15(11-13-16)22(24)25)21-18-8-4-5-9-19(18)27-17-6-2-1-3-7-17/h1-13H,14H2,(H,21,23). The fraction of sp³-hybridized carbons (Fsp3) is 0.0500. The lowest BCUT2D eigenvalue weighted by Crippen LogP contribution is -2.20. The lowest BCUT2D eigenvalue weighted by Gasteiger charge is -2.12. The van der Waals surface area contributed by atoms with E-state index in [0.29, 0.717) is 22.9 Å². The van der Waals surface area contributed by atoms with Crippen molar-refractivity contribution < 1.29 is 19.2 Å². The molecule has 0 heterocycles. The molecule has 0 atom stereocenters. The minimum atomic E-state index is -0.500. The molecule has 136 valence electrons. The second kappa shape index (κ2) is 8.48. The Labute approximate surface area is 155 Å². The molecular formula is C20H16N2O5. The molecule has 7 heteroatoms. The Morgan fingerprint density at radius 1 is 0.889 bits per heavy atom. The van der Waals surface area contributed by atoms with Gasteiger partial charge < -0.3 is 14.8 Å². The summed E-state index contributed by atoms with van der Waals surface area (Å²) in [6, 6.07) is 21.8. The maximum absolute atomic E-state index is 12.2. The fourth-order valence-electron chi connectivity index (χ4n) is 2.27. The first-order valence-corrected chi connectivity index (χ1v) is 8.11. The number of nitro groups is 1. The number of benzene rings is 3. The Morgan fingerprint density at radius 2 is 1.56 bits per heavy atom. The normalized spacial score (nSPS) is 10.1. The van der Waals surface area contributed by atoms with E-state index in [-0.39, 0.29) is 18.2 Å². The average molecular weight is 364 g/mol. The van der Waals surface area contributed by atoms with Crippen LogP contribution in [0.1, 0.15) is 0 Å². The average Bonchev–Trinajstić information content (AvgIpc) is 2.69. The van der Waals surface area contributed by atoms with Crippen LogP contribution in [0.4, 0.5) is 11.4 Å². The third-order valence-corrected chi connectivity index (χ3v) is 3.55. The summed E-state index contributed by atoms with van der Waals surface area (Å²) in [7, 11) is 0. The van der Waals surface area contributed by atoms with Crippen molar-refractivity contribution in [2.75, 3.05) is 11.9 Å². The highest BCUT2D eigenvalue weighted by Crippen LogP contribution is 2.29. The van der Waals surface area contributed by atoms with Crippen LogP contribution in [0.15, 0.2) is 78.9 Å². The summed E-state index contributed by atoms with van der Waals surface area (Å²) in [6.45, 7) is -0.239. The summed E-state index contributed by atoms with van der Waals surface area (Å²) in [6.07, 6.45) is 0. The Hall–Kier alpha value is -3.87. The summed E-state index contributed by atoms with van der Waals surface area (Å²) in [5.74, 6) is 1.15. The summed E-state index contributed by atoms with van der Waals surface area (Å²) >= 11 is 0. The number of non-ortho nitro benzene ring substituents is 1. The molecule has 0 unspecified atom stereocenters. The van der Waals surface area contributed by atoms with Crippen LogP contribution in [-0.2, 0) is 4.79 Å². The van der Waals surface area contributed by atoms with Gasteiger partial charge in [-0.15, -0.1) is 0 Å². The Bertz CT molecular complexity index is 927. The van der Waals surface area contributed by atoms with Crippen LogP contribution in [0.2, 0.25) is 0 Å². The molecule has 0 aliphatic rings. The molecule has 27 heavy (non-hydrogen) atoms. The van der Waals surface area contributed by atoms with Gasteiger partial charge in [0.2, 0.25) is 0 Å². The second-order valence-corrected chi connectivity index (χ2v) is 5.50. The number of hydrogen-bond acceptors (Lipinski definition) is 5. The number of carbonyl (C=O) groups excluding carboxylic acids is 1. The maximum Gasteiger partial charge on any atom is 0.269 e. The number of hydrogen-bond donors (Lipinski definition) is 1. The topological polar surface area (TPSA) is 90.7 Å². The van der Waals surface area contributed by atoms with Crippen LogP contribution >= 0.6 is 0 Å². The van der Waals surface area contributed by atoms with Crippen molar-refractivity contribution in [3.8, 4) is 17.2 Å². The van der Waals surface area contributed by atoms with E-state index in [0.717, 1.165) is 0 Å². The van der Waals surface area contributed by atoms with Gasteiger partial charge in [-0.05, 0) is 36.4 Å². The molecule has 0 aromatic heterocycles. The van der Waals surface area contributed by atoms with Crippen LogP contribution in [0.3, 0.4) is 0 Å². The number of carbonyl (C=O) groups is 1. The van der Waals surface area contributed by atoms with E-state index in [1.807, 2.05) is 30.3 Å². The van der Waals surface area contributed by atoms with E-state index in [9.17, 15) is 14.9 Å². The minimum absolute atomic E-state index is 0.0428. The van der Waals surface area contributed by atoms with Gasteiger partial charge in [-0.1, -0.05) is 30.3 Å². The lowest BCUT2D eigenvalue weighted by atomic mass is 10.3. The zero-order chi connectivity index (χ0) is 19.1. The Kier molecular flexibility index (Phi) is 5.64. The number of nitrogens with zero attached hydrogens (tertiary/aromatic N) is 1. The van der Waals surface area contributed by atoms with Gasteiger partial charge in [-0.25, -0.2) is 0 Å². The predicted octanol–water partition coefficient (Wildman–Crippen LogP) is 4.40. The van der Waals surface area contributed by atoms with Crippen LogP contribution in [0.25, 0.3) is 0 Å². The van der Waals surface area contributed by atoms with Gasteiger partial charge in [0.15, 0.2) is 12.4 Å². The molecule has 1 N–H and O–H groups in total. The molecule has 3 aromatic carbocycles. The number of nitrogens with one attached hydrogen (secondary N) is 1. The molecule has 0 aliphatic carbocycles. The lowest BCUT2D eigenvalue weighted by molar-refractivity contribution is -0.384. The van der Waals surface area contributed by atoms with Crippen LogP contribution in [0, 0.1) is 10.1 Å². The van der Waals surface area contributed by atoms with E-state index in [2.05, 4.69) is 5.32 Å². The van der Waals surface area contributed by atoms with Crippen molar-refractivity contribution in [2.24, 2.45) is 0 Å². The predicted molar refractivity (Wildman–Crippen MR) is 100 cm³/mol. The van der Waals surface area contributed by atoms with Crippen LogP contribution in [0.5, 0.6) is 17.2 Å². The highest BCUT2D eigenvalue weighted by Gasteiger charge is 2.10. The smallest absolute Gasteiger partial charge is 0.269 e. The van der Waals surface area contributed by atoms with Gasteiger partial charge in [-0.2, -0.15) is 0 Å². The highest BCUT2D eigenvalue weighted by atomic mass is 16.6. The highest BCUT2D eigenvalue weighted by molar-refractivity contribution is 5.93. The molecule has 0 spiro atoms. The molecule has 0 saturated carbocycles. The molecule has 0 bridgehead atoms. The number of anilines is 1. The van der Waals surface area contributed by atoms with Crippen molar-refractivity contribution in [3.63, 3.8) is 0 Å². The number of ether oxygens (including phenoxy) is 2. The van der Waals surface area contributed by atoms with Gasteiger partial charge >= 0.3 is 0 Å². The second-order valence-electron chi connectivity index (χ2n) is 5.50. The first kappa shape index (κ1) is 17.9. The van der Waals surface area contributed by atoms with Gasteiger partial charge in [0.1, 0.15) is 11.5 Å². The Morgan fingerprint density at radius 3 is 2.26 bits per heavy atom. The first-order chi connectivity index (χ1) is 13.1. The minimum Gasteiger partial charge on any atom is -0.484 e. The first-order valence-electron chi connectivity index (χ1n) is 8.11. The quantitative estimate of drug-likeness (QED) is 0.495. The summed E-state index contributed by atoms with van der Waals surface area (Å²) in [5.41, 5.74) is 0.470. The molecule has 1 amide bonds. The van der Waals surface area contributed by atoms with Crippen molar-refractivity contribution in [1.82, 2.24) is 0 Å². The van der Waals surface area contributed by atoms with Gasteiger partial charge in [0.05, 0.1) is 10.6 Å². The summed E-state index contributed by atoms with van der Waals surface area (Å²) < 4.78 is 11.1. The number of nitro benzene ring substituents is 1. The summed E-state index contributed by atoms with van der Waals surface area (Å²) in [5, 5.41) is 13.4. The third kappa shape index (κ3) is 5.05. The SMILES string of the molecule is O=C(COc1ccc([N+](=O)[O-])cc1)Nc1ccccc1Oc1ccccc1. The van der Waals surface area contributed by atoms with Crippen molar-refractivity contribution in [1.29, 1.82) is 0 Å². The number of para-hydroxylation sites is 3. The Balaban J connectivity index is 1.60. The molecule has 0 saturated heterocycles. The van der Waals surface area contributed by atoms with Crippen LogP contribution < -0.4 is 14.8 Å². The molecule has 7 nitrogen and oxygen atoms in total. The molecule has 0 fully saturated rings. The number of amides is 1. The fourth-order valence-corrected chi connectivity index (χ4v) is 2.27. The maximum atomic E-state index is 12.2. The molecular weight excluding hydrogens is 348 g/mol. The van der Waals surface area contributed by atoms with Gasteiger partial charge in [0.25, 0.3) is 11.6 Å². The molecule has 0 aliphatic heterocycles. The third-order valence-electron chi connectivity index (χ3n) is 3.55. The summed E-state index contributed by atoms with van der Waals surface area (Å²) in [4.78, 5) is 22.3. The molecule has 3 aromatic rings. The van der Waals surface area contributed by atoms with E-state index in [1.165, 1.54) is 24.3 Å². The van der Waals surface area contributed by atoms with Gasteiger partial charge in [0, 0.05) is 12.1 Å². The van der Waals surface area contributed by atoms with Gasteiger partial charge in [-0.3, -0.25) is 14.9 Å². The number of rotatable bonds is 7. The zero-order valence-electron chi connectivity index (χ0n) is 14.2. The monoisotopic (exact) mass is 364 g/mol. The van der Waals surface area contributed by atoms with E-state index >= 15 is 0 Å². The molecule has 3 rings (SSSR count). The largest absolute Gasteiger partial charge is 0.484 e. The van der Waals surface area contributed by atoms with E-state index in [1.54, 1.807) is 24.3 Å². The van der Waals surface area contributed by atoms with Crippen LogP contribution in [-0.4, -0.2) is 17.4 Å².